The van der Waals surface area contributed by atoms with Crippen LogP contribution < -0.4 is 15.5 Å². The molecule has 160 valence electrons. The molecule has 2 aliphatic rings. The van der Waals surface area contributed by atoms with Crippen molar-refractivity contribution in [1.82, 2.24) is 25.2 Å². The molecule has 30 heavy (non-hydrogen) atoms. The zero-order chi connectivity index (χ0) is 21.5. The molecule has 0 unspecified atom stereocenters. The van der Waals surface area contributed by atoms with Crippen molar-refractivity contribution in [3.05, 3.63) is 28.7 Å². The van der Waals surface area contributed by atoms with Gasteiger partial charge in [0, 0.05) is 48.9 Å². The number of urea groups is 1. The van der Waals surface area contributed by atoms with Gasteiger partial charge < -0.3 is 10.6 Å². The van der Waals surface area contributed by atoms with Crippen LogP contribution in [0.3, 0.4) is 0 Å². The van der Waals surface area contributed by atoms with Crippen molar-refractivity contribution in [3.63, 3.8) is 0 Å². The molecule has 9 nitrogen and oxygen atoms in total. The third kappa shape index (κ3) is 4.15. The van der Waals surface area contributed by atoms with Crippen molar-refractivity contribution >= 4 is 34.2 Å². The van der Waals surface area contributed by atoms with Crippen molar-refractivity contribution in [2.45, 2.75) is 52.1 Å². The van der Waals surface area contributed by atoms with E-state index in [1.165, 1.54) is 18.3 Å². The van der Waals surface area contributed by atoms with E-state index in [0.29, 0.717) is 23.3 Å². The summed E-state index contributed by atoms with van der Waals surface area (Å²) in [7, 11) is 0. The third-order valence-corrected chi connectivity index (χ3v) is 6.91. The van der Waals surface area contributed by atoms with Gasteiger partial charge in [-0.2, -0.15) is 0 Å². The summed E-state index contributed by atoms with van der Waals surface area (Å²) in [6.07, 6.45) is 3.59. The van der Waals surface area contributed by atoms with Gasteiger partial charge in [-0.3, -0.25) is 14.6 Å². The fraction of sp³-hybridized carbons (Fsp3) is 0.550. The molecule has 1 atom stereocenters. The molecule has 2 N–H and O–H groups in total. The summed E-state index contributed by atoms with van der Waals surface area (Å²) in [6, 6.07) is 1.98. The SMILES string of the molecule is CC(=O)Nc1ncc([C@@H](C)N2CCC3(CC2)CN(c2cc(C)nc(C)n2)C(=O)N3)s1. The van der Waals surface area contributed by atoms with Crippen LogP contribution in [-0.2, 0) is 4.79 Å². The van der Waals surface area contributed by atoms with Crippen LogP contribution in [0.25, 0.3) is 0 Å². The number of likely N-dealkylation sites (tertiary alicyclic amines) is 1. The zero-order valence-corrected chi connectivity index (χ0v) is 18.5. The van der Waals surface area contributed by atoms with Crippen LogP contribution in [0.4, 0.5) is 15.7 Å². The average Bonchev–Trinajstić information content (AvgIpc) is 3.25. The quantitative estimate of drug-likeness (QED) is 0.774. The van der Waals surface area contributed by atoms with E-state index in [-0.39, 0.29) is 23.5 Å². The fourth-order valence-electron chi connectivity index (χ4n) is 4.22. The number of aromatic nitrogens is 3. The van der Waals surface area contributed by atoms with Gasteiger partial charge in [0.15, 0.2) is 5.13 Å². The molecule has 0 aromatic carbocycles. The van der Waals surface area contributed by atoms with Gasteiger partial charge >= 0.3 is 6.03 Å². The highest BCUT2D eigenvalue weighted by Gasteiger charge is 2.46. The van der Waals surface area contributed by atoms with Crippen molar-refractivity contribution < 1.29 is 9.59 Å². The van der Waals surface area contributed by atoms with Crippen LogP contribution in [0.15, 0.2) is 12.3 Å². The first-order valence-corrected chi connectivity index (χ1v) is 11.0. The molecular formula is C20H27N7O2S. The van der Waals surface area contributed by atoms with Crippen molar-refractivity contribution in [2.75, 3.05) is 29.9 Å². The molecule has 2 aliphatic heterocycles. The summed E-state index contributed by atoms with van der Waals surface area (Å²) in [5.74, 6) is 1.23. The number of piperidine rings is 1. The molecule has 2 aromatic rings. The number of aryl methyl sites for hydroxylation is 2. The summed E-state index contributed by atoms with van der Waals surface area (Å²) in [4.78, 5) is 42.3. The maximum absolute atomic E-state index is 12.7. The highest BCUT2D eigenvalue weighted by Crippen LogP contribution is 2.35. The highest BCUT2D eigenvalue weighted by atomic mass is 32.1. The third-order valence-electron chi connectivity index (χ3n) is 5.83. The van der Waals surface area contributed by atoms with Crippen LogP contribution in [0, 0.1) is 13.8 Å². The number of rotatable bonds is 4. The van der Waals surface area contributed by atoms with E-state index in [1.807, 2.05) is 26.1 Å². The number of hydrogen-bond donors (Lipinski definition) is 2. The Hall–Kier alpha value is -2.59. The van der Waals surface area contributed by atoms with Crippen molar-refractivity contribution in [1.29, 1.82) is 0 Å². The van der Waals surface area contributed by atoms with Gasteiger partial charge in [0.25, 0.3) is 0 Å². The van der Waals surface area contributed by atoms with E-state index < -0.39 is 0 Å². The van der Waals surface area contributed by atoms with Gasteiger partial charge in [-0.1, -0.05) is 0 Å². The molecule has 4 heterocycles. The van der Waals surface area contributed by atoms with Gasteiger partial charge in [-0.25, -0.2) is 19.7 Å². The lowest BCUT2D eigenvalue weighted by Crippen LogP contribution is -2.52. The molecule has 10 heteroatoms. The summed E-state index contributed by atoms with van der Waals surface area (Å²) in [5, 5.41) is 6.60. The predicted molar refractivity (Wildman–Crippen MR) is 116 cm³/mol. The first kappa shape index (κ1) is 20.7. The minimum absolute atomic E-state index is 0.0867. The van der Waals surface area contributed by atoms with Gasteiger partial charge in [-0.05, 0) is 33.6 Å². The summed E-state index contributed by atoms with van der Waals surface area (Å²) >= 11 is 1.51. The smallest absolute Gasteiger partial charge is 0.323 e. The molecule has 0 aliphatic carbocycles. The largest absolute Gasteiger partial charge is 0.330 e. The Labute approximate surface area is 179 Å². The number of nitrogens with one attached hydrogen (secondary N) is 2. The molecule has 0 radical (unpaired) electrons. The van der Waals surface area contributed by atoms with Crippen LogP contribution in [0.2, 0.25) is 0 Å². The topological polar surface area (TPSA) is 103 Å². The van der Waals surface area contributed by atoms with Gasteiger partial charge in [0.1, 0.15) is 11.6 Å². The number of amides is 3. The number of thiazole rings is 1. The average molecular weight is 430 g/mol. The second kappa shape index (κ2) is 7.92. The van der Waals surface area contributed by atoms with Crippen LogP contribution in [-0.4, -0.2) is 57.0 Å². The van der Waals surface area contributed by atoms with E-state index in [9.17, 15) is 9.59 Å². The Morgan fingerprint density at radius 3 is 2.70 bits per heavy atom. The minimum atomic E-state index is -0.227. The maximum atomic E-state index is 12.7. The number of carbonyl (C=O) groups excluding carboxylic acids is 2. The Morgan fingerprint density at radius 2 is 2.03 bits per heavy atom. The molecular weight excluding hydrogens is 402 g/mol. The maximum Gasteiger partial charge on any atom is 0.323 e. The second-order valence-electron chi connectivity index (χ2n) is 8.17. The molecule has 0 saturated carbocycles. The summed E-state index contributed by atoms with van der Waals surface area (Å²) in [5.41, 5.74) is 0.632. The number of nitrogens with zero attached hydrogens (tertiary/aromatic N) is 5. The lowest BCUT2D eigenvalue weighted by molar-refractivity contribution is -0.114. The Bertz CT molecular complexity index is 948. The van der Waals surface area contributed by atoms with Gasteiger partial charge in [0.05, 0.1) is 12.1 Å². The monoisotopic (exact) mass is 429 g/mol. The number of hydrogen-bond acceptors (Lipinski definition) is 7. The first-order chi connectivity index (χ1) is 14.2. The zero-order valence-electron chi connectivity index (χ0n) is 17.7. The molecule has 3 amide bonds. The molecule has 0 bridgehead atoms. The van der Waals surface area contributed by atoms with E-state index in [0.717, 1.165) is 36.5 Å². The second-order valence-corrected chi connectivity index (χ2v) is 9.23. The predicted octanol–water partition coefficient (Wildman–Crippen LogP) is 2.63. The molecule has 2 fully saturated rings. The van der Waals surface area contributed by atoms with E-state index in [2.05, 4.69) is 37.4 Å². The molecule has 2 saturated heterocycles. The Morgan fingerprint density at radius 1 is 1.30 bits per heavy atom. The fourth-order valence-corrected chi connectivity index (χ4v) is 5.17. The van der Waals surface area contributed by atoms with E-state index >= 15 is 0 Å². The van der Waals surface area contributed by atoms with Crippen LogP contribution in [0.1, 0.15) is 49.1 Å². The highest BCUT2D eigenvalue weighted by molar-refractivity contribution is 7.15. The lowest BCUT2D eigenvalue weighted by atomic mass is 9.87. The van der Waals surface area contributed by atoms with E-state index in [1.54, 1.807) is 4.90 Å². The van der Waals surface area contributed by atoms with E-state index in [4.69, 9.17) is 0 Å². The van der Waals surface area contributed by atoms with Crippen LogP contribution >= 0.6 is 11.3 Å². The molecule has 2 aromatic heterocycles. The van der Waals surface area contributed by atoms with Crippen molar-refractivity contribution in [2.24, 2.45) is 0 Å². The first-order valence-electron chi connectivity index (χ1n) is 10.1. The summed E-state index contributed by atoms with van der Waals surface area (Å²) in [6.45, 7) is 9.79. The van der Waals surface area contributed by atoms with Crippen LogP contribution in [0.5, 0.6) is 0 Å². The lowest BCUT2D eigenvalue weighted by Gasteiger charge is -2.41. The Kier molecular flexibility index (Phi) is 5.46. The normalized spacial score (nSPS) is 19.7. The standard InChI is InChI=1S/C20H27N7O2S/c1-12-9-17(23-14(3)22-12)27-11-20(25-19(27)29)5-7-26(8-6-20)13(2)16-10-21-18(30-16)24-15(4)28/h9-10,13H,5-8,11H2,1-4H3,(H,25,29)(H,21,24,28)/t13-/m1/s1. The summed E-state index contributed by atoms with van der Waals surface area (Å²) < 4.78 is 0. The molecule has 4 rings (SSSR count). The number of anilines is 2. The Balaban J connectivity index is 1.41. The molecule has 1 spiro atoms. The van der Waals surface area contributed by atoms with Gasteiger partial charge in [-0.15, -0.1) is 11.3 Å². The number of carbonyl (C=O) groups is 2. The minimum Gasteiger partial charge on any atom is -0.330 e. The van der Waals surface area contributed by atoms with Crippen molar-refractivity contribution in [3.8, 4) is 0 Å². The van der Waals surface area contributed by atoms with Gasteiger partial charge in [0.2, 0.25) is 5.91 Å².